The van der Waals surface area contributed by atoms with E-state index in [0.717, 1.165) is 21.7 Å². The predicted octanol–water partition coefficient (Wildman–Crippen LogP) is 3.88. The Hall–Kier alpha value is -3.07. The number of sulfonamides is 1. The summed E-state index contributed by atoms with van der Waals surface area (Å²) in [6.07, 6.45) is 1.42. The van der Waals surface area contributed by atoms with Gasteiger partial charge in [0.2, 0.25) is 21.8 Å². The monoisotopic (exact) mass is 517 g/mol. The Kier molecular flexibility index (Phi) is 9.93. The maximum Gasteiger partial charge on any atom is 0.244 e. The quantitative estimate of drug-likeness (QED) is 0.488. The molecule has 1 atom stereocenters. The molecule has 0 bridgehead atoms. The van der Waals surface area contributed by atoms with E-state index in [4.69, 9.17) is 4.74 Å². The lowest BCUT2D eigenvalue weighted by Gasteiger charge is -2.35. The number of ether oxygens (including phenoxy) is 1. The second-order valence-electron chi connectivity index (χ2n) is 9.78. The van der Waals surface area contributed by atoms with Gasteiger partial charge in [-0.25, -0.2) is 8.42 Å². The highest BCUT2D eigenvalue weighted by Gasteiger charge is 2.33. The molecule has 0 aliphatic heterocycles. The number of anilines is 1. The summed E-state index contributed by atoms with van der Waals surface area (Å²) < 4.78 is 32.4. The molecule has 0 radical (unpaired) electrons. The highest BCUT2D eigenvalue weighted by atomic mass is 32.2. The van der Waals surface area contributed by atoms with Gasteiger partial charge < -0.3 is 15.0 Å². The number of benzene rings is 2. The SMILES string of the molecule is CCOc1ccccc1N(CC(=O)N(Cc1ccccc1C)C(CC)C(=O)NC(C)(C)C)S(C)(=O)=O. The zero-order valence-electron chi connectivity index (χ0n) is 22.4. The van der Waals surface area contributed by atoms with Gasteiger partial charge in [-0.2, -0.15) is 0 Å². The normalized spacial score (nSPS) is 12.5. The third-order valence-corrected chi connectivity index (χ3v) is 6.73. The summed E-state index contributed by atoms with van der Waals surface area (Å²) in [7, 11) is -3.84. The number of aryl methyl sites for hydroxylation is 1. The molecule has 0 aliphatic carbocycles. The smallest absolute Gasteiger partial charge is 0.244 e. The minimum atomic E-state index is -3.84. The molecule has 0 saturated carbocycles. The molecular formula is C27H39N3O5S. The van der Waals surface area contributed by atoms with E-state index in [-0.39, 0.29) is 18.1 Å². The molecule has 36 heavy (non-hydrogen) atoms. The largest absolute Gasteiger partial charge is 0.492 e. The van der Waals surface area contributed by atoms with E-state index in [2.05, 4.69) is 5.32 Å². The van der Waals surface area contributed by atoms with Crippen molar-refractivity contribution in [3.63, 3.8) is 0 Å². The molecule has 0 aliphatic rings. The molecule has 2 rings (SSSR count). The van der Waals surface area contributed by atoms with Gasteiger partial charge in [0.05, 0.1) is 18.6 Å². The summed E-state index contributed by atoms with van der Waals surface area (Å²) in [6, 6.07) is 13.6. The summed E-state index contributed by atoms with van der Waals surface area (Å²) >= 11 is 0. The fourth-order valence-corrected chi connectivity index (χ4v) is 4.73. The maximum absolute atomic E-state index is 13.8. The van der Waals surface area contributed by atoms with Crippen molar-refractivity contribution in [1.29, 1.82) is 0 Å². The molecule has 0 fully saturated rings. The standard InChI is InChI=1S/C27H39N3O5S/c1-8-22(26(32)28-27(4,5)6)29(18-21-15-11-10-14-20(21)3)25(31)19-30(36(7,33)34)23-16-12-13-17-24(23)35-9-2/h10-17,22H,8-9,18-19H2,1-7H3,(H,28,32). The first-order valence-corrected chi connectivity index (χ1v) is 14.0. The second kappa shape index (κ2) is 12.3. The van der Waals surface area contributed by atoms with Gasteiger partial charge in [-0.3, -0.25) is 13.9 Å². The van der Waals surface area contributed by atoms with Crippen LogP contribution in [0, 0.1) is 6.92 Å². The molecule has 0 aromatic heterocycles. The van der Waals surface area contributed by atoms with Crippen LogP contribution in [0.15, 0.2) is 48.5 Å². The van der Waals surface area contributed by atoms with Gasteiger partial charge in [-0.15, -0.1) is 0 Å². The molecular weight excluding hydrogens is 478 g/mol. The van der Waals surface area contributed by atoms with Gasteiger partial charge in [0.1, 0.15) is 18.3 Å². The van der Waals surface area contributed by atoms with Crippen LogP contribution in [0.3, 0.4) is 0 Å². The summed E-state index contributed by atoms with van der Waals surface area (Å²) in [5.74, 6) is -0.403. The van der Waals surface area contributed by atoms with E-state index in [1.54, 1.807) is 31.2 Å². The number of rotatable bonds is 11. The van der Waals surface area contributed by atoms with Crippen molar-refractivity contribution in [2.45, 2.75) is 66.1 Å². The minimum Gasteiger partial charge on any atom is -0.492 e. The molecule has 8 nitrogen and oxygen atoms in total. The zero-order valence-corrected chi connectivity index (χ0v) is 23.2. The number of carbonyl (C=O) groups is 2. The number of nitrogens with zero attached hydrogens (tertiary/aromatic N) is 2. The van der Waals surface area contributed by atoms with Crippen molar-refractivity contribution in [1.82, 2.24) is 10.2 Å². The van der Waals surface area contributed by atoms with E-state index >= 15 is 0 Å². The fraction of sp³-hybridized carbons (Fsp3) is 0.481. The van der Waals surface area contributed by atoms with Crippen LogP contribution in [0.4, 0.5) is 5.69 Å². The van der Waals surface area contributed by atoms with Crippen LogP contribution >= 0.6 is 0 Å². The van der Waals surface area contributed by atoms with Crippen molar-refractivity contribution < 1.29 is 22.7 Å². The average molecular weight is 518 g/mol. The Morgan fingerprint density at radius 1 is 1.03 bits per heavy atom. The van der Waals surface area contributed by atoms with Crippen LogP contribution in [0.1, 0.15) is 52.2 Å². The number of para-hydroxylation sites is 2. The Bertz CT molecular complexity index is 1160. The zero-order chi connectivity index (χ0) is 27.1. The van der Waals surface area contributed by atoms with Gasteiger partial charge in [-0.1, -0.05) is 43.3 Å². The molecule has 2 aromatic rings. The number of nitrogens with one attached hydrogen (secondary N) is 1. The number of carbonyl (C=O) groups excluding carboxylic acids is 2. The van der Waals surface area contributed by atoms with Gasteiger partial charge in [0.15, 0.2) is 0 Å². The van der Waals surface area contributed by atoms with Gasteiger partial charge in [0.25, 0.3) is 0 Å². The molecule has 0 spiro atoms. The number of amides is 2. The van der Waals surface area contributed by atoms with E-state index in [1.807, 2.05) is 58.9 Å². The van der Waals surface area contributed by atoms with Crippen LogP contribution < -0.4 is 14.4 Å². The van der Waals surface area contributed by atoms with Crippen molar-refractivity contribution in [3.8, 4) is 5.75 Å². The molecule has 1 unspecified atom stereocenters. The maximum atomic E-state index is 13.8. The third kappa shape index (κ3) is 7.98. The predicted molar refractivity (Wildman–Crippen MR) is 144 cm³/mol. The lowest BCUT2D eigenvalue weighted by atomic mass is 10.0. The summed E-state index contributed by atoms with van der Waals surface area (Å²) in [5, 5.41) is 2.96. The van der Waals surface area contributed by atoms with Crippen molar-refractivity contribution >= 4 is 27.5 Å². The molecule has 2 aromatic carbocycles. The second-order valence-corrected chi connectivity index (χ2v) is 11.7. The lowest BCUT2D eigenvalue weighted by molar-refractivity contribution is -0.141. The summed E-state index contributed by atoms with van der Waals surface area (Å²) in [5.41, 5.74) is 1.65. The molecule has 2 amide bonds. The summed E-state index contributed by atoms with van der Waals surface area (Å²) in [4.78, 5) is 28.6. The first-order chi connectivity index (χ1) is 16.8. The third-order valence-electron chi connectivity index (χ3n) is 5.60. The van der Waals surface area contributed by atoms with Crippen molar-refractivity contribution in [2.75, 3.05) is 23.7 Å². The van der Waals surface area contributed by atoms with Gasteiger partial charge >= 0.3 is 0 Å². The fourth-order valence-electron chi connectivity index (χ4n) is 3.88. The molecule has 0 saturated heterocycles. The van der Waals surface area contributed by atoms with Gasteiger partial charge in [-0.05, 0) is 64.3 Å². The van der Waals surface area contributed by atoms with Crippen LogP contribution in [0.25, 0.3) is 0 Å². The van der Waals surface area contributed by atoms with E-state index < -0.39 is 34.1 Å². The Morgan fingerprint density at radius 3 is 2.19 bits per heavy atom. The minimum absolute atomic E-state index is 0.173. The topological polar surface area (TPSA) is 96.0 Å². The van der Waals surface area contributed by atoms with Crippen LogP contribution in [-0.4, -0.2) is 56.1 Å². The lowest BCUT2D eigenvalue weighted by Crippen LogP contribution is -2.55. The van der Waals surface area contributed by atoms with E-state index in [1.165, 1.54) is 4.90 Å². The molecule has 0 heterocycles. The van der Waals surface area contributed by atoms with Crippen molar-refractivity contribution in [3.05, 3.63) is 59.7 Å². The molecule has 198 valence electrons. The highest BCUT2D eigenvalue weighted by molar-refractivity contribution is 7.92. The van der Waals surface area contributed by atoms with Crippen LogP contribution in [0.5, 0.6) is 5.75 Å². The first-order valence-electron chi connectivity index (χ1n) is 12.1. The Labute approximate surface area is 215 Å². The van der Waals surface area contributed by atoms with Crippen LogP contribution in [-0.2, 0) is 26.2 Å². The molecule has 1 N–H and O–H groups in total. The highest BCUT2D eigenvalue weighted by Crippen LogP contribution is 2.30. The molecule has 9 heteroatoms. The van der Waals surface area contributed by atoms with E-state index in [9.17, 15) is 18.0 Å². The van der Waals surface area contributed by atoms with E-state index in [0.29, 0.717) is 18.8 Å². The Morgan fingerprint density at radius 2 is 1.64 bits per heavy atom. The number of hydrogen-bond acceptors (Lipinski definition) is 5. The average Bonchev–Trinajstić information content (AvgIpc) is 2.77. The van der Waals surface area contributed by atoms with Crippen molar-refractivity contribution in [2.24, 2.45) is 0 Å². The first kappa shape index (κ1) is 29.2. The summed E-state index contributed by atoms with van der Waals surface area (Å²) in [6.45, 7) is 11.3. The number of hydrogen-bond donors (Lipinski definition) is 1. The van der Waals surface area contributed by atoms with Gasteiger partial charge in [0, 0.05) is 12.1 Å². The van der Waals surface area contributed by atoms with Crippen LogP contribution in [0.2, 0.25) is 0 Å². The Balaban J connectivity index is 2.52.